The molecule has 0 aliphatic carbocycles. The van der Waals surface area contributed by atoms with Gasteiger partial charge in [-0.15, -0.1) is 0 Å². The van der Waals surface area contributed by atoms with Gasteiger partial charge in [-0.2, -0.15) is 0 Å². The number of ether oxygens (including phenoxy) is 1. The summed E-state index contributed by atoms with van der Waals surface area (Å²) in [4.78, 5) is 26.1. The second-order valence-electron chi connectivity index (χ2n) is 3.13. The number of hydrogen-bond acceptors (Lipinski definition) is 5. The lowest BCUT2D eigenvalue weighted by atomic mass is 10.3. The first-order valence-electron chi connectivity index (χ1n) is 5.06. The molecule has 7 nitrogen and oxygen atoms in total. The van der Waals surface area contributed by atoms with Crippen LogP contribution >= 0.6 is 11.6 Å². The zero-order valence-corrected chi connectivity index (χ0v) is 10.3. The average molecular weight is 274 g/mol. The smallest absolute Gasteiger partial charge is 0.415 e. The van der Waals surface area contributed by atoms with Crippen LogP contribution < -0.4 is 10.6 Å². The van der Waals surface area contributed by atoms with E-state index in [9.17, 15) is 9.59 Å². The monoisotopic (exact) mass is 273 g/mol. The third kappa shape index (κ3) is 4.19. The van der Waals surface area contributed by atoms with E-state index < -0.39 is 12.1 Å². The maximum atomic E-state index is 11.3. The zero-order chi connectivity index (χ0) is 13.5. The quantitative estimate of drug-likeness (QED) is 0.775. The molecule has 0 fully saturated rings. The van der Waals surface area contributed by atoms with Gasteiger partial charge in [-0.1, -0.05) is 11.6 Å². The van der Waals surface area contributed by atoms with Crippen LogP contribution in [0.4, 0.5) is 15.4 Å². The highest BCUT2D eigenvalue weighted by Gasteiger charge is 2.11. The minimum Gasteiger partial charge on any atom is -0.450 e. The van der Waals surface area contributed by atoms with Crippen LogP contribution in [0.15, 0.2) is 12.3 Å². The molecule has 98 valence electrons. The molecule has 0 aliphatic heterocycles. The van der Waals surface area contributed by atoms with E-state index in [2.05, 4.69) is 15.0 Å². The molecule has 18 heavy (non-hydrogen) atoms. The number of hydrogen-bond donors (Lipinski definition) is 3. The Morgan fingerprint density at radius 3 is 2.83 bits per heavy atom. The van der Waals surface area contributed by atoms with E-state index in [4.69, 9.17) is 16.7 Å². The Balaban J connectivity index is 2.62. The summed E-state index contributed by atoms with van der Waals surface area (Å²) in [6, 6.07) is 0.647. The van der Waals surface area contributed by atoms with Crippen LogP contribution in [0.2, 0.25) is 5.02 Å². The second-order valence-corrected chi connectivity index (χ2v) is 3.54. The van der Waals surface area contributed by atoms with Crippen LogP contribution in [0.5, 0.6) is 0 Å². The number of carbonyl (C=O) groups excluding carboxylic acids is 2. The van der Waals surface area contributed by atoms with Gasteiger partial charge in [-0.3, -0.25) is 5.32 Å². The standard InChI is InChI=1S/C10H12ClN3O4/c1-2-18-10(17)14-9(16)13-8-7(11)3-6(5-15)4-12-8/h3-4,15H,2,5H2,1H3,(H2,12,13,14,16,17). The van der Waals surface area contributed by atoms with Crippen molar-refractivity contribution in [1.82, 2.24) is 10.3 Å². The number of urea groups is 1. The van der Waals surface area contributed by atoms with Crippen molar-refractivity contribution in [2.75, 3.05) is 11.9 Å². The molecule has 1 aromatic heterocycles. The van der Waals surface area contributed by atoms with Gasteiger partial charge in [-0.25, -0.2) is 19.9 Å². The van der Waals surface area contributed by atoms with Gasteiger partial charge in [0.2, 0.25) is 0 Å². The van der Waals surface area contributed by atoms with Crippen molar-refractivity contribution >= 4 is 29.5 Å². The Bertz CT molecular complexity index is 453. The van der Waals surface area contributed by atoms with Crippen molar-refractivity contribution in [3.63, 3.8) is 0 Å². The molecular weight excluding hydrogens is 262 g/mol. The summed E-state index contributed by atoms with van der Waals surface area (Å²) in [5.41, 5.74) is 0.511. The van der Waals surface area contributed by atoms with E-state index in [0.717, 1.165) is 0 Å². The molecule has 0 saturated carbocycles. The lowest BCUT2D eigenvalue weighted by Gasteiger charge is -2.07. The van der Waals surface area contributed by atoms with E-state index in [0.29, 0.717) is 5.56 Å². The highest BCUT2D eigenvalue weighted by atomic mass is 35.5. The van der Waals surface area contributed by atoms with E-state index in [1.165, 1.54) is 12.3 Å². The topological polar surface area (TPSA) is 101 Å². The fourth-order valence-corrected chi connectivity index (χ4v) is 1.29. The molecule has 3 amide bonds. The van der Waals surface area contributed by atoms with Gasteiger partial charge in [0.05, 0.1) is 18.2 Å². The van der Waals surface area contributed by atoms with E-state index >= 15 is 0 Å². The van der Waals surface area contributed by atoms with Crippen LogP contribution in [0.1, 0.15) is 12.5 Å². The number of aliphatic hydroxyl groups excluding tert-OH is 1. The predicted molar refractivity (Wildman–Crippen MR) is 64.3 cm³/mol. The predicted octanol–water partition coefficient (Wildman–Crippen LogP) is 1.51. The summed E-state index contributed by atoms with van der Waals surface area (Å²) >= 11 is 5.82. The number of halogens is 1. The summed E-state index contributed by atoms with van der Waals surface area (Å²) < 4.78 is 4.52. The summed E-state index contributed by atoms with van der Waals surface area (Å²) in [6.45, 7) is 1.56. The molecule has 0 radical (unpaired) electrons. The molecule has 3 N–H and O–H groups in total. The Kier molecular flexibility index (Phi) is 5.34. The zero-order valence-electron chi connectivity index (χ0n) is 9.57. The molecule has 1 rings (SSSR count). The number of aliphatic hydroxyl groups is 1. The van der Waals surface area contributed by atoms with Crippen LogP contribution in [0, 0.1) is 0 Å². The average Bonchev–Trinajstić information content (AvgIpc) is 2.31. The number of alkyl carbamates (subject to hydrolysis) is 1. The SMILES string of the molecule is CCOC(=O)NC(=O)Nc1ncc(CO)cc1Cl. The molecule has 0 atom stereocenters. The number of nitrogens with one attached hydrogen (secondary N) is 2. The lowest BCUT2D eigenvalue weighted by molar-refractivity contribution is 0.154. The Morgan fingerprint density at radius 1 is 1.56 bits per heavy atom. The Labute approximate surface area is 108 Å². The van der Waals surface area contributed by atoms with Crippen molar-refractivity contribution < 1.29 is 19.4 Å². The number of anilines is 1. The largest absolute Gasteiger partial charge is 0.450 e. The maximum absolute atomic E-state index is 11.3. The number of amides is 3. The fourth-order valence-electron chi connectivity index (χ4n) is 1.05. The normalized spacial score (nSPS) is 9.72. The van der Waals surface area contributed by atoms with Crippen molar-refractivity contribution in [2.45, 2.75) is 13.5 Å². The number of aromatic nitrogens is 1. The molecule has 1 aromatic rings. The number of nitrogens with zero attached hydrogens (tertiary/aromatic N) is 1. The van der Waals surface area contributed by atoms with Crippen molar-refractivity contribution in [3.8, 4) is 0 Å². The van der Waals surface area contributed by atoms with Gasteiger partial charge >= 0.3 is 12.1 Å². The maximum Gasteiger partial charge on any atom is 0.415 e. The number of rotatable bonds is 3. The van der Waals surface area contributed by atoms with E-state index in [1.54, 1.807) is 6.92 Å². The van der Waals surface area contributed by atoms with Gasteiger partial charge in [0.25, 0.3) is 0 Å². The summed E-state index contributed by atoms with van der Waals surface area (Å²) in [5.74, 6) is 0.0793. The summed E-state index contributed by atoms with van der Waals surface area (Å²) in [7, 11) is 0. The highest BCUT2D eigenvalue weighted by molar-refractivity contribution is 6.33. The van der Waals surface area contributed by atoms with Gasteiger partial charge in [0.1, 0.15) is 0 Å². The third-order valence-electron chi connectivity index (χ3n) is 1.80. The van der Waals surface area contributed by atoms with Crippen molar-refractivity contribution in [2.24, 2.45) is 0 Å². The Morgan fingerprint density at radius 2 is 2.28 bits per heavy atom. The molecular formula is C10H12ClN3O4. The van der Waals surface area contributed by atoms with E-state index in [-0.39, 0.29) is 24.1 Å². The minimum absolute atomic E-state index is 0.0793. The fraction of sp³-hybridized carbons (Fsp3) is 0.300. The van der Waals surface area contributed by atoms with Crippen molar-refractivity contribution in [3.05, 3.63) is 22.8 Å². The van der Waals surface area contributed by atoms with Crippen LogP contribution in [0.3, 0.4) is 0 Å². The van der Waals surface area contributed by atoms with E-state index in [1.807, 2.05) is 5.32 Å². The number of imide groups is 1. The van der Waals surface area contributed by atoms with Gasteiger partial charge in [0.15, 0.2) is 5.82 Å². The third-order valence-corrected chi connectivity index (χ3v) is 2.09. The number of carbonyl (C=O) groups is 2. The molecule has 0 unspecified atom stereocenters. The highest BCUT2D eigenvalue weighted by Crippen LogP contribution is 2.19. The molecule has 0 bridgehead atoms. The first kappa shape index (κ1) is 14.2. The van der Waals surface area contributed by atoms with Gasteiger partial charge < -0.3 is 9.84 Å². The van der Waals surface area contributed by atoms with Gasteiger partial charge in [-0.05, 0) is 18.6 Å². The van der Waals surface area contributed by atoms with Crippen LogP contribution in [-0.4, -0.2) is 28.8 Å². The molecule has 0 aromatic carbocycles. The van der Waals surface area contributed by atoms with Crippen LogP contribution in [0.25, 0.3) is 0 Å². The van der Waals surface area contributed by atoms with Crippen molar-refractivity contribution in [1.29, 1.82) is 0 Å². The molecule has 0 saturated heterocycles. The molecule has 0 spiro atoms. The second kappa shape index (κ2) is 6.77. The molecule has 0 aliphatic rings. The minimum atomic E-state index is -0.863. The summed E-state index contributed by atoms with van der Waals surface area (Å²) in [6.07, 6.45) is 0.490. The van der Waals surface area contributed by atoms with Gasteiger partial charge in [0, 0.05) is 6.20 Å². The Hall–Kier alpha value is -1.86. The van der Waals surface area contributed by atoms with Crippen LogP contribution in [-0.2, 0) is 11.3 Å². The lowest BCUT2D eigenvalue weighted by Crippen LogP contribution is -2.35. The first-order valence-corrected chi connectivity index (χ1v) is 5.44. The molecule has 8 heteroatoms. The number of pyridine rings is 1. The molecule has 1 heterocycles. The summed E-state index contributed by atoms with van der Waals surface area (Å²) in [5, 5.41) is 13.2. The first-order chi connectivity index (χ1) is 8.56.